The average molecular weight is 350 g/mol. The van der Waals surface area contributed by atoms with Crippen LogP contribution in [0.1, 0.15) is 25.8 Å². The maximum Gasteiger partial charge on any atom is 0.215 e. The van der Waals surface area contributed by atoms with Crippen molar-refractivity contribution in [2.45, 2.75) is 38.0 Å². The first-order valence-electron chi connectivity index (χ1n) is 7.33. The van der Waals surface area contributed by atoms with Gasteiger partial charge in [0.2, 0.25) is 10.0 Å². The normalized spacial score (nSPS) is 23.0. The van der Waals surface area contributed by atoms with Gasteiger partial charge in [0.05, 0.1) is 11.9 Å². The van der Waals surface area contributed by atoms with E-state index < -0.39 is 21.1 Å². The molecular formula is C15H21ClFNO3S. The first-order valence-corrected chi connectivity index (χ1v) is 9.25. The molecule has 0 radical (unpaired) electrons. The predicted octanol–water partition coefficient (Wildman–Crippen LogP) is 2.75. The highest BCUT2D eigenvalue weighted by atomic mass is 35.5. The number of nitrogens with one attached hydrogen (secondary N) is 1. The van der Waals surface area contributed by atoms with Gasteiger partial charge >= 0.3 is 0 Å². The molecule has 4 nitrogen and oxygen atoms in total. The molecule has 1 fully saturated rings. The van der Waals surface area contributed by atoms with E-state index in [9.17, 15) is 12.8 Å². The molecule has 124 valence electrons. The largest absolute Gasteiger partial charge is 0.381 e. The summed E-state index contributed by atoms with van der Waals surface area (Å²) in [5, 5.41) is -0.280. The lowest BCUT2D eigenvalue weighted by Gasteiger charge is -2.32. The maximum absolute atomic E-state index is 13.9. The molecule has 1 aliphatic rings. The van der Waals surface area contributed by atoms with Gasteiger partial charge < -0.3 is 4.74 Å². The lowest BCUT2D eigenvalue weighted by atomic mass is 9.93. The number of halogens is 2. The zero-order valence-corrected chi connectivity index (χ0v) is 14.3. The zero-order valence-electron chi connectivity index (χ0n) is 12.7. The quantitative estimate of drug-likeness (QED) is 0.889. The van der Waals surface area contributed by atoms with Crippen molar-refractivity contribution in [1.29, 1.82) is 0 Å². The Bertz CT molecular complexity index is 601. The first-order chi connectivity index (χ1) is 10.3. The third kappa shape index (κ3) is 4.19. The Morgan fingerprint density at radius 3 is 2.82 bits per heavy atom. The number of benzene rings is 1. The summed E-state index contributed by atoms with van der Waals surface area (Å²) in [6.07, 6.45) is 0.647. The maximum atomic E-state index is 13.9. The standard InChI is InChI=1S/C15H21ClFNO3S/c1-10(2)18-22(19,20)15-6-7-21-9-11(15)8-12-13(16)4-3-5-14(12)17/h3-5,10-11,15,18H,6-9H2,1-2H3/t11-,15+/m0/s1. The second-order valence-corrected chi connectivity index (χ2v) is 8.22. The number of ether oxygens (including phenoxy) is 1. The van der Waals surface area contributed by atoms with Crippen LogP contribution < -0.4 is 4.72 Å². The van der Waals surface area contributed by atoms with Gasteiger partial charge in [-0.15, -0.1) is 0 Å². The molecular weight excluding hydrogens is 329 g/mol. The molecule has 1 aliphatic heterocycles. The topological polar surface area (TPSA) is 55.4 Å². The number of sulfonamides is 1. The van der Waals surface area contributed by atoms with Crippen molar-refractivity contribution in [1.82, 2.24) is 4.72 Å². The van der Waals surface area contributed by atoms with Crippen LogP contribution in [0.25, 0.3) is 0 Å². The molecule has 1 aromatic carbocycles. The van der Waals surface area contributed by atoms with Gasteiger partial charge in [0, 0.05) is 29.2 Å². The van der Waals surface area contributed by atoms with E-state index in [4.69, 9.17) is 16.3 Å². The molecule has 1 aromatic rings. The van der Waals surface area contributed by atoms with Crippen molar-refractivity contribution in [2.75, 3.05) is 13.2 Å². The summed E-state index contributed by atoms with van der Waals surface area (Å²) in [6, 6.07) is 4.30. The monoisotopic (exact) mass is 349 g/mol. The Balaban J connectivity index is 2.24. The van der Waals surface area contributed by atoms with Gasteiger partial charge in [-0.25, -0.2) is 17.5 Å². The van der Waals surface area contributed by atoms with Crippen LogP contribution in [0.2, 0.25) is 5.02 Å². The van der Waals surface area contributed by atoms with Gasteiger partial charge in [-0.3, -0.25) is 0 Å². The lowest BCUT2D eigenvalue weighted by molar-refractivity contribution is 0.0567. The van der Waals surface area contributed by atoms with E-state index >= 15 is 0 Å². The van der Waals surface area contributed by atoms with Crippen molar-refractivity contribution in [2.24, 2.45) is 5.92 Å². The third-order valence-corrected chi connectivity index (χ3v) is 6.30. The van der Waals surface area contributed by atoms with Gasteiger partial charge in [-0.2, -0.15) is 0 Å². The zero-order chi connectivity index (χ0) is 16.3. The van der Waals surface area contributed by atoms with E-state index in [1.54, 1.807) is 19.9 Å². The first kappa shape index (κ1) is 17.7. The minimum Gasteiger partial charge on any atom is -0.381 e. The summed E-state index contributed by atoms with van der Waals surface area (Å²) in [5.41, 5.74) is 0.351. The minimum absolute atomic E-state index is 0.175. The molecule has 0 amide bonds. The van der Waals surface area contributed by atoms with Crippen LogP contribution in [-0.4, -0.2) is 32.9 Å². The van der Waals surface area contributed by atoms with Gasteiger partial charge in [-0.1, -0.05) is 17.7 Å². The van der Waals surface area contributed by atoms with E-state index in [1.165, 1.54) is 12.1 Å². The smallest absolute Gasteiger partial charge is 0.215 e. The molecule has 1 saturated heterocycles. The summed E-state index contributed by atoms with van der Waals surface area (Å²) in [6.45, 7) is 4.23. The van der Waals surface area contributed by atoms with E-state index in [0.29, 0.717) is 23.6 Å². The van der Waals surface area contributed by atoms with E-state index in [1.807, 2.05) is 0 Å². The molecule has 0 bridgehead atoms. The Morgan fingerprint density at radius 1 is 1.45 bits per heavy atom. The van der Waals surface area contributed by atoms with Gasteiger partial charge in [-0.05, 0) is 38.8 Å². The van der Waals surface area contributed by atoms with Crippen molar-refractivity contribution in [3.05, 3.63) is 34.6 Å². The fourth-order valence-electron chi connectivity index (χ4n) is 2.78. The van der Waals surface area contributed by atoms with Crippen molar-refractivity contribution in [3.63, 3.8) is 0 Å². The van der Waals surface area contributed by atoms with Crippen LogP contribution in [0.3, 0.4) is 0 Å². The molecule has 2 rings (SSSR count). The fraction of sp³-hybridized carbons (Fsp3) is 0.600. The molecule has 22 heavy (non-hydrogen) atoms. The van der Waals surface area contributed by atoms with Crippen LogP contribution >= 0.6 is 11.6 Å². The summed E-state index contributed by atoms with van der Waals surface area (Å²) >= 11 is 6.05. The summed E-state index contributed by atoms with van der Waals surface area (Å²) in [4.78, 5) is 0. The van der Waals surface area contributed by atoms with Gasteiger partial charge in [0.15, 0.2) is 0 Å². The summed E-state index contributed by atoms with van der Waals surface area (Å²) < 4.78 is 46.9. The Morgan fingerprint density at radius 2 is 2.18 bits per heavy atom. The second kappa shape index (κ2) is 7.25. The van der Waals surface area contributed by atoms with E-state index in [-0.39, 0.29) is 25.0 Å². The molecule has 1 N–H and O–H groups in total. The third-order valence-electron chi connectivity index (χ3n) is 3.73. The Hall–Kier alpha value is -0.690. The highest BCUT2D eigenvalue weighted by molar-refractivity contribution is 7.90. The predicted molar refractivity (Wildman–Crippen MR) is 85.0 cm³/mol. The number of hydrogen-bond acceptors (Lipinski definition) is 3. The van der Waals surface area contributed by atoms with E-state index in [2.05, 4.69) is 4.72 Å². The molecule has 0 saturated carbocycles. The van der Waals surface area contributed by atoms with Crippen LogP contribution in [0.5, 0.6) is 0 Å². The lowest BCUT2D eigenvalue weighted by Crippen LogP contribution is -2.46. The molecule has 0 unspecified atom stereocenters. The van der Waals surface area contributed by atoms with E-state index in [0.717, 1.165) is 0 Å². The van der Waals surface area contributed by atoms with Crippen molar-refractivity contribution < 1.29 is 17.5 Å². The van der Waals surface area contributed by atoms with Crippen LogP contribution in [0.15, 0.2) is 18.2 Å². The molecule has 2 atom stereocenters. The fourth-order valence-corrected chi connectivity index (χ4v) is 4.94. The molecule has 0 aliphatic carbocycles. The Kier molecular flexibility index (Phi) is 5.82. The van der Waals surface area contributed by atoms with Crippen molar-refractivity contribution in [3.8, 4) is 0 Å². The van der Waals surface area contributed by atoms with Crippen LogP contribution in [0.4, 0.5) is 4.39 Å². The molecule has 0 spiro atoms. The van der Waals surface area contributed by atoms with Gasteiger partial charge in [0.25, 0.3) is 0 Å². The SMILES string of the molecule is CC(C)NS(=O)(=O)[C@@H]1CCOC[C@@H]1Cc1c(F)cccc1Cl. The minimum atomic E-state index is -3.47. The van der Waals surface area contributed by atoms with Crippen LogP contribution in [-0.2, 0) is 21.2 Å². The number of rotatable bonds is 5. The Labute approximate surface area is 136 Å². The summed E-state index contributed by atoms with van der Waals surface area (Å²) in [5.74, 6) is -0.731. The number of hydrogen-bond donors (Lipinski definition) is 1. The molecule has 0 aromatic heterocycles. The summed E-state index contributed by atoms with van der Waals surface area (Å²) in [7, 11) is -3.47. The highest BCUT2D eigenvalue weighted by Crippen LogP contribution is 2.29. The average Bonchev–Trinajstić information content (AvgIpc) is 2.42. The van der Waals surface area contributed by atoms with Crippen molar-refractivity contribution >= 4 is 21.6 Å². The molecule has 7 heteroatoms. The highest BCUT2D eigenvalue weighted by Gasteiger charge is 2.37. The van der Waals surface area contributed by atoms with Crippen LogP contribution in [0, 0.1) is 11.7 Å². The second-order valence-electron chi connectivity index (χ2n) is 5.88. The molecule has 1 heterocycles. The van der Waals surface area contributed by atoms with Gasteiger partial charge in [0.1, 0.15) is 5.82 Å².